The van der Waals surface area contributed by atoms with Crippen LogP contribution in [0.5, 0.6) is 0 Å². The van der Waals surface area contributed by atoms with Crippen molar-refractivity contribution in [2.75, 3.05) is 31.5 Å². The lowest BCUT2D eigenvalue weighted by molar-refractivity contribution is -0.131. The average Bonchev–Trinajstić information content (AvgIpc) is 2.85. The smallest absolute Gasteiger partial charge is 0.253 e. The minimum atomic E-state index is -0.139. The Balaban J connectivity index is 1.94. The molecule has 1 heterocycles. The molecule has 0 bridgehead atoms. The summed E-state index contributed by atoms with van der Waals surface area (Å²) in [7, 11) is 0. The summed E-state index contributed by atoms with van der Waals surface area (Å²) in [5.74, 6) is 0.0208. The third-order valence-electron chi connectivity index (χ3n) is 4.33. The highest BCUT2D eigenvalue weighted by Gasteiger charge is 2.22. The first-order valence-electron chi connectivity index (χ1n) is 8.96. The Morgan fingerprint density at radius 2 is 1.64 bits per heavy atom. The van der Waals surface area contributed by atoms with Gasteiger partial charge >= 0.3 is 0 Å². The van der Waals surface area contributed by atoms with Gasteiger partial charge in [-0.15, -0.1) is 0 Å². The van der Waals surface area contributed by atoms with Gasteiger partial charge in [0.25, 0.3) is 5.91 Å². The Morgan fingerprint density at radius 1 is 1.00 bits per heavy atom. The number of benzene rings is 1. The summed E-state index contributed by atoms with van der Waals surface area (Å²) >= 11 is 0. The van der Waals surface area contributed by atoms with Crippen molar-refractivity contribution in [2.24, 2.45) is 0 Å². The van der Waals surface area contributed by atoms with Crippen molar-refractivity contribution in [2.45, 2.75) is 39.5 Å². The number of nitrogens with one attached hydrogen (secondary N) is 1. The molecule has 1 aliphatic rings. The van der Waals surface area contributed by atoms with E-state index in [0.29, 0.717) is 43.9 Å². The molecule has 25 heavy (non-hydrogen) atoms. The van der Waals surface area contributed by atoms with Crippen LogP contribution in [0.15, 0.2) is 24.3 Å². The van der Waals surface area contributed by atoms with Crippen LogP contribution in [-0.2, 0) is 9.59 Å². The van der Waals surface area contributed by atoms with Crippen molar-refractivity contribution < 1.29 is 14.4 Å². The molecule has 136 valence electrons. The molecule has 3 amide bonds. The van der Waals surface area contributed by atoms with E-state index in [-0.39, 0.29) is 17.7 Å². The summed E-state index contributed by atoms with van der Waals surface area (Å²) in [6.45, 7) is 6.05. The molecule has 0 aromatic heterocycles. The Bertz CT molecular complexity index is 613. The summed E-state index contributed by atoms with van der Waals surface area (Å²) in [5.41, 5.74) is 1.27. The molecule has 1 fully saturated rings. The molecule has 6 nitrogen and oxygen atoms in total. The molecule has 1 saturated heterocycles. The first-order valence-corrected chi connectivity index (χ1v) is 8.96. The number of rotatable bonds is 5. The lowest BCUT2D eigenvalue weighted by Gasteiger charge is -2.22. The van der Waals surface area contributed by atoms with Gasteiger partial charge in [-0.05, 0) is 37.1 Å². The van der Waals surface area contributed by atoms with Gasteiger partial charge in [-0.25, -0.2) is 0 Å². The van der Waals surface area contributed by atoms with Gasteiger partial charge in [0.15, 0.2) is 0 Å². The first-order chi connectivity index (χ1) is 12.0. The largest absolute Gasteiger partial charge is 0.341 e. The molecule has 1 N–H and O–H groups in total. The Labute approximate surface area is 149 Å². The summed E-state index contributed by atoms with van der Waals surface area (Å²) < 4.78 is 0. The highest BCUT2D eigenvalue weighted by Crippen LogP contribution is 2.14. The van der Waals surface area contributed by atoms with E-state index in [9.17, 15) is 14.4 Å². The van der Waals surface area contributed by atoms with Crippen LogP contribution in [0.4, 0.5) is 5.69 Å². The minimum absolute atomic E-state index is 0.0303. The summed E-state index contributed by atoms with van der Waals surface area (Å²) in [6, 6.07) is 6.91. The molecule has 0 unspecified atom stereocenters. The lowest BCUT2D eigenvalue weighted by atomic mass is 10.1. The fourth-order valence-corrected chi connectivity index (χ4v) is 2.94. The number of unbranched alkanes of at least 4 members (excludes halogenated alkanes) is 1. The van der Waals surface area contributed by atoms with E-state index in [0.717, 1.165) is 19.3 Å². The van der Waals surface area contributed by atoms with Gasteiger partial charge in [0.1, 0.15) is 0 Å². The van der Waals surface area contributed by atoms with Gasteiger partial charge < -0.3 is 15.1 Å². The highest BCUT2D eigenvalue weighted by molar-refractivity contribution is 5.95. The normalized spacial score (nSPS) is 14.8. The minimum Gasteiger partial charge on any atom is -0.341 e. The SMILES string of the molecule is CCCCC(=O)N1CCCN(C(=O)c2ccc(NC(C)=O)cc2)CC1. The molecule has 0 atom stereocenters. The maximum absolute atomic E-state index is 12.7. The predicted octanol–water partition coefficient (Wildman–Crippen LogP) is 2.51. The second kappa shape index (κ2) is 9.20. The van der Waals surface area contributed by atoms with Crippen molar-refractivity contribution in [3.63, 3.8) is 0 Å². The molecular formula is C19H27N3O3. The quantitative estimate of drug-likeness (QED) is 0.891. The number of nitrogens with zero attached hydrogens (tertiary/aromatic N) is 2. The fraction of sp³-hybridized carbons (Fsp3) is 0.526. The molecule has 0 aliphatic carbocycles. The Morgan fingerprint density at radius 3 is 2.28 bits per heavy atom. The van der Waals surface area contributed by atoms with Crippen molar-refractivity contribution in [1.82, 2.24) is 9.80 Å². The van der Waals surface area contributed by atoms with Gasteiger partial charge in [0, 0.05) is 50.8 Å². The van der Waals surface area contributed by atoms with Crippen molar-refractivity contribution in [3.8, 4) is 0 Å². The number of carbonyl (C=O) groups excluding carboxylic acids is 3. The molecular weight excluding hydrogens is 318 g/mol. The number of amides is 3. The van der Waals surface area contributed by atoms with Gasteiger partial charge in [-0.1, -0.05) is 13.3 Å². The second-order valence-electron chi connectivity index (χ2n) is 6.39. The van der Waals surface area contributed by atoms with Crippen LogP contribution in [0, 0.1) is 0 Å². The zero-order chi connectivity index (χ0) is 18.2. The van der Waals surface area contributed by atoms with E-state index < -0.39 is 0 Å². The van der Waals surface area contributed by atoms with Crippen LogP contribution in [0.2, 0.25) is 0 Å². The third kappa shape index (κ3) is 5.59. The van der Waals surface area contributed by atoms with Crippen molar-refractivity contribution in [1.29, 1.82) is 0 Å². The molecule has 1 aliphatic heterocycles. The number of hydrogen-bond acceptors (Lipinski definition) is 3. The number of hydrogen-bond donors (Lipinski definition) is 1. The first kappa shape index (κ1) is 19.0. The van der Waals surface area contributed by atoms with E-state index in [4.69, 9.17) is 0 Å². The fourth-order valence-electron chi connectivity index (χ4n) is 2.94. The van der Waals surface area contributed by atoms with Gasteiger partial charge in [0.2, 0.25) is 11.8 Å². The summed E-state index contributed by atoms with van der Waals surface area (Å²) in [5, 5.41) is 2.69. The second-order valence-corrected chi connectivity index (χ2v) is 6.39. The van der Waals surface area contributed by atoms with Crippen molar-refractivity contribution in [3.05, 3.63) is 29.8 Å². The van der Waals surface area contributed by atoms with E-state index >= 15 is 0 Å². The van der Waals surface area contributed by atoms with Gasteiger partial charge in [-0.3, -0.25) is 14.4 Å². The molecule has 0 saturated carbocycles. The summed E-state index contributed by atoms with van der Waals surface area (Å²) in [6.07, 6.45) is 3.32. The van der Waals surface area contributed by atoms with Crippen molar-refractivity contribution >= 4 is 23.4 Å². The van der Waals surface area contributed by atoms with Crippen LogP contribution in [0.25, 0.3) is 0 Å². The molecule has 6 heteroatoms. The van der Waals surface area contributed by atoms with Gasteiger partial charge in [0.05, 0.1) is 0 Å². The van der Waals surface area contributed by atoms with E-state index in [1.165, 1.54) is 6.92 Å². The highest BCUT2D eigenvalue weighted by atomic mass is 16.2. The van der Waals surface area contributed by atoms with E-state index in [2.05, 4.69) is 12.2 Å². The number of carbonyl (C=O) groups is 3. The molecule has 1 aromatic rings. The Hall–Kier alpha value is -2.37. The van der Waals surface area contributed by atoms with Crippen LogP contribution in [0.3, 0.4) is 0 Å². The van der Waals surface area contributed by atoms with Crippen LogP contribution < -0.4 is 5.32 Å². The monoisotopic (exact) mass is 345 g/mol. The predicted molar refractivity (Wildman–Crippen MR) is 97.4 cm³/mol. The Kier molecular flexibility index (Phi) is 6.98. The third-order valence-corrected chi connectivity index (χ3v) is 4.33. The maximum Gasteiger partial charge on any atom is 0.253 e. The van der Waals surface area contributed by atoms with Crippen LogP contribution >= 0.6 is 0 Å². The molecule has 0 spiro atoms. The maximum atomic E-state index is 12.7. The van der Waals surface area contributed by atoms with E-state index in [1.807, 2.05) is 4.90 Å². The topological polar surface area (TPSA) is 69.7 Å². The lowest BCUT2D eigenvalue weighted by Crippen LogP contribution is -2.37. The van der Waals surface area contributed by atoms with Gasteiger partial charge in [-0.2, -0.15) is 0 Å². The molecule has 2 rings (SSSR count). The molecule has 0 radical (unpaired) electrons. The van der Waals surface area contributed by atoms with E-state index in [1.54, 1.807) is 29.2 Å². The zero-order valence-corrected chi connectivity index (χ0v) is 15.1. The zero-order valence-electron chi connectivity index (χ0n) is 15.1. The standard InChI is InChI=1S/C19H27N3O3/c1-3-4-6-18(24)21-11-5-12-22(14-13-21)19(25)16-7-9-17(10-8-16)20-15(2)23/h7-10H,3-6,11-14H2,1-2H3,(H,20,23). The van der Waals surface area contributed by atoms with Crippen LogP contribution in [-0.4, -0.2) is 53.7 Å². The molecule has 1 aromatic carbocycles. The van der Waals surface area contributed by atoms with Crippen LogP contribution in [0.1, 0.15) is 49.9 Å². The average molecular weight is 345 g/mol. The summed E-state index contributed by atoms with van der Waals surface area (Å²) in [4.78, 5) is 39.6. The number of anilines is 1.